The van der Waals surface area contributed by atoms with Gasteiger partial charge >= 0.3 is 5.97 Å². The van der Waals surface area contributed by atoms with Crippen molar-refractivity contribution in [3.05, 3.63) is 0 Å². The number of thioether (sulfide) groups is 1. The Balaban J connectivity index is 2.08. The first kappa shape index (κ1) is 12.8. The summed E-state index contributed by atoms with van der Waals surface area (Å²) in [6.07, 6.45) is 4.90. The summed E-state index contributed by atoms with van der Waals surface area (Å²) in [5.41, 5.74) is 0. The number of ether oxygens (including phenoxy) is 1. The molecule has 0 aliphatic carbocycles. The maximum absolute atomic E-state index is 10.8. The number of rotatable bonds is 6. The fourth-order valence-electron chi connectivity index (χ4n) is 1.57. The van der Waals surface area contributed by atoms with Crippen molar-refractivity contribution in [2.24, 2.45) is 0 Å². The molecule has 0 aromatic carbocycles. The predicted octanol–water partition coefficient (Wildman–Crippen LogP) is 2.54. The van der Waals surface area contributed by atoms with Gasteiger partial charge in [-0.15, -0.1) is 11.8 Å². The van der Waals surface area contributed by atoms with Gasteiger partial charge in [-0.1, -0.05) is 0 Å². The number of carbonyl (C=O) groups is 1. The summed E-state index contributed by atoms with van der Waals surface area (Å²) >= 11 is 1.52. The van der Waals surface area contributed by atoms with Gasteiger partial charge in [-0.2, -0.15) is 0 Å². The Morgan fingerprint density at radius 2 is 2.33 bits per heavy atom. The van der Waals surface area contributed by atoms with Crippen LogP contribution in [0, 0.1) is 0 Å². The average Bonchev–Trinajstić information content (AvgIpc) is 2.64. The van der Waals surface area contributed by atoms with E-state index in [9.17, 15) is 4.79 Å². The normalized spacial score (nSPS) is 21.9. The Bertz CT molecular complexity index is 210. The number of hydrogen-bond acceptors (Lipinski definition) is 3. The molecule has 3 nitrogen and oxygen atoms in total. The molecule has 1 aliphatic rings. The predicted molar refractivity (Wildman–Crippen MR) is 62.4 cm³/mol. The zero-order valence-corrected chi connectivity index (χ0v) is 10.3. The van der Waals surface area contributed by atoms with Crippen molar-refractivity contribution in [1.29, 1.82) is 0 Å². The molecule has 0 bridgehead atoms. The second kappa shape index (κ2) is 5.75. The summed E-state index contributed by atoms with van der Waals surface area (Å²) in [5.74, 6) is 0.170. The summed E-state index contributed by atoms with van der Waals surface area (Å²) in [7, 11) is 0. The lowest BCUT2D eigenvalue weighted by atomic mass is 10.1. The van der Waals surface area contributed by atoms with Gasteiger partial charge in [0.25, 0.3) is 0 Å². The number of hydrogen-bond donors (Lipinski definition) is 1. The van der Waals surface area contributed by atoms with Crippen molar-refractivity contribution in [2.75, 3.05) is 12.4 Å². The van der Waals surface area contributed by atoms with Gasteiger partial charge in [0, 0.05) is 6.61 Å². The van der Waals surface area contributed by atoms with Crippen molar-refractivity contribution in [3.8, 4) is 0 Å². The molecule has 1 rings (SSSR count). The minimum Gasteiger partial charge on any atom is -0.480 e. The Morgan fingerprint density at radius 3 is 2.87 bits per heavy atom. The summed E-state index contributed by atoms with van der Waals surface area (Å²) in [4.78, 5) is 10.8. The molecule has 0 radical (unpaired) electrons. The highest BCUT2D eigenvalue weighted by Gasteiger charge is 2.27. The third kappa shape index (κ3) is 4.43. The monoisotopic (exact) mass is 232 g/mol. The largest absolute Gasteiger partial charge is 0.480 e. The van der Waals surface area contributed by atoms with Crippen molar-refractivity contribution < 1.29 is 14.6 Å². The molecule has 0 amide bonds. The first-order valence-electron chi connectivity index (χ1n) is 5.51. The van der Waals surface area contributed by atoms with Crippen molar-refractivity contribution in [3.63, 3.8) is 0 Å². The molecule has 1 unspecified atom stereocenters. The highest BCUT2D eigenvalue weighted by molar-refractivity contribution is 8.01. The third-order valence-corrected chi connectivity index (χ3v) is 4.06. The van der Waals surface area contributed by atoms with Crippen LogP contribution >= 0.6 is 11.8 Å². The molecule has 0 spiro atoms. The van der Waals surface area contributed by atoms with Gasteiger partial charge in [0.2, 0.25) is 0 Å². The molecule has 1 atom stereocenters. The standard InChI is InChI=1S/C11H20O3S/c1-11(2,10(12)13)15-8-4-6-9-5-3-7-14-9/h9H,3-8H2,1-2H3,(H,12,13). The van der Waals surface area contributed by atoms with Gasteiger partial charge in [0.05, 0.1) is 6.10 Å². The maximum atomic E-state index is 10.8. The molecular weight excluding hydrogens is 212 g/mol. The Kier molecular flexibility index (Phi) is 4.93. The van der Waals surface area contributed by atoms with Gasteiger partial charge in [0.1, 0.15) is 4.75 Å². The minimum atomic E-state index is -0.732. The van der Waals surface area contributed by atoms with Crippen LogP contribution in [0.1, 0.15) is 39.5 Å². The number of aliphatic carboxylic acids is 1. The summed E-state index contributed by atoms with van der Waals surface area (Å²) in [6.45, 7) is 4.41. The quantitative estimate of drug-likeness (QED) is 0.715. The SMILES string of the molecule is CC(C)(SCCCC1CCCO1)C(=O)O. The highest BCUT2D eigenvalue weighted by atomic mass is 32.2. The van der Waals surface area contributed by atoms with Gasteiger partial charge in [0.15, 0.2) is 0 Å². The van der Waals surface area contributed by atoms with Crippen molar-refractivity contribution in [2.45, 2.75) is 50.4 Å². The molecule has 15 heavy (non-hydrogen) atoms. The molecule has 0 aromatic rings. The van der Waals surface area contributed by atoms with Crippen molar-refractivity contribution >= 4 is 17.7 Å². The topological polar surface area (TPSA) is 46.5 Å². The molecule has 4 heteroatoms. The van der Waals surface area contributed by atoms with Crippen LogP contribution in [-0.2, 0) is 9.53 Å². The zero-order valence-electron chi connectivity index (χ0n) is 9.49. The van der Waals surface area contributed by atoms with E-state index in [1.54, 1.807) is 13.8 Å². The van der Waals surface area contributed by atoms with Crippen LogP contribution in [0.15, 0.2) is 0 Å². The average molecular weight is 232 g/mol. The van der Waals surface area contributed by atoms with Gasteiger partial charge in [-0.05, 0) is 45.3 Å². The van der Waals surface area contributed by atoms with E-state index in [4.69, 9.17) is 9.84 Å². The smallest absolute Gasteiger partial charge is 0.319 e. The van der Waals surface area contributed by atoms with Gasteiger partial charge in [-0.3, -0.25) is 4.79 Å². The molecule has 0 saturated carbocycles. The van der Waals surface area contributed by atoms with Gasteiger partial charge in [-0.25, -0.2) is 0 Å². The summed E-state index contributed by atoms with van der Waals surface area (Å²) in [6, 6.07) is 0. The van der Waals surface area contributed by atoms with E-state index in [-0.39, 0.29) is 0 Å². The Labute approximate surface area is 95.6 Å². The molecular formula is C11H20O3S. The van der Waals surface area contributed by atoms with Crippen LogP contribution in [-0.4, -0.2) is 34.3 Å². The lowest BCUT2D eigenvalue weighted by Gasteiger charge is -2.18. The molecule has 1 saturated heterocycles. The highest BCUT2D eigenvalue weighted by Crippen LogP contribution is 2.26. The van der Waals surface area contributed by atoms with Crippen LogP contribution < -0.4 is 0 Å². The fraction of sp³-hybridized carbons (Fsp3) is 0.909. The second-order valence-corrected chi connectivity index (χ2v) is 6.16. The van der Waals surface area contributed by atoms with Crippen molar-refractivity contribution in [1.82, 2.24) is 0 Å². The molecule has 1 fully saturated rings. The lowest BCUT2D eigenvalue weighted by Crippen LogP contribution is -2.27. The van der Waals surface area contributed by atoms with E-state index in [1.807, 2.05) is 0 Å². The maximum Gasteiger partial charge on any atom is 0.319 e. The zero-order chi connectivity index (χ0) is 11.3. The van der Waals surface area contributed by atoms with Crippen LogP contribution in [0.3, 0.4) is 0 Å². The molecule has 1 N–H and O–H groups in total. The van der Waals surface area contributed by atoms with Crippen LogP contribution in [0.25, 0.3) is 0 Å². The van der Waals surface area contributed by atoms with E-state index in [0.717, 1.165) is 25.2 Å². The second-order valence-electron chi connectivity index (χ2n) is 4.44. The first-order valence-corrected chi connectivity index (χ1v) is 6.50. The van der Waals surface area contributed by atoms with E-state index < -0.39 is 10.7 Å². The molecule has 1 heterocycles. The van der Waals surface area contributed by atoms with E-state index >= 15 is 0 Å². The van der Waals surface area contributed by atoms with Crippen LogP contribution in [0.5, 0.6) is 0 Å². The number of carboxylic acids is 1. The Hall–Kier alpha value is -0.220. The lowest BCUT2D eigenvalue weighted by molar-refractivity contribution is -0.138. The number of carboxylic acid groups (broad SMARTS) is 1. The van der Waals surface area contributed by atoms with Crippen LogP contribution in [0.4, 0.5) is 0 Å². The Morgan fingerprint density at radius 1 is 1.60 bits per heavy atom. The van der Waals surface area contributed by atoms with Gasteiger partial charge < -0.3 is 9.84 Å². The minimum absolute atomic E-state index is 0.429. The summed E-state index contributed by atoms with van der Waals surface area (Å²) in [5, 5.41) is 8.91. The molecule has 0 aromatic heterocycles. The third-order valence-electron chi connectivity index (χ3n) is 2.67. The first-order chi connectivity index (χ1) is 7.02. The van der Waals surface area contributed by atoms with E-state index in [1.165, 1.54) is 24.6 Å². The fourth-order valence-corrected chi connectivity index (χ4v) is 2.52. The summed E-state index contributed by atoms with van der Waals surface area (Å²) < 4.78 is 4.85. The van der Waals surface area contributed by atoms with E-state index in [2.05, 4.69) is 0 Å². The molecule has 88 valence electrons. The molecule has 1 aliphatic heterocycles. The van der Waals surface area contributed by atoms with Crippen LogP contribution in [0.2, 0.25) is 0 Å². The van der Waals surface area contributed by atoms with E-state index in [0.29, 0.717) is 6.10 Å².